The second-order valence-corrected chi connectivity index (χ2v) is 4.75. The van der Waals surface area contributed by atoms with Crippen molar-refractivity contribution in [3.8, 4) is 5.75 Å². The number of ether oxygens (including phenoxy) is 3. The lowest BCUT2D eigenvalue weighted by atomic mass is 9.88. The molecule has 4 nitrogen and oxygen atoms in total. The minimum absolute atomic E-state index is 0.00130. The van der Waals surface area contributed by atoms with E-state index in [9.17, 15) is 9.50 Å². The molecular weight excluding hydrogens is 275 g/mol. The predicted molar refractivity (Wildman–Crippen MR) is 68.1 cm³/mol. The Morgan fingerprint density at radius 3 is 2.84 bits per heavy atom. The van der Waals surface area contributed by atoms with Crippen LogP contribution in [-0.4, -0.2) is 43.7 Å². The van der Waals surface area contributed by atoms with Crippen LogP contribution in [0.3, 0.4) is 0 Å². The number of aliphatic hydroxyl groups is 1. The molecule has 1 fully saturated rings. The van der Waals surface area contributed by atoms with Crippen LogP contribution in [0.5, 0.6) is 5.75 Å². The molecule has 1 N–H and O–H groups in total. The first-order valence-corrected chi connectivity index (χ1v) is 6.40. The number of aliphatic hydroxyl groups excluding tert-OH is 1. The number of hydrogen-bond acceptors (Lipinski definition) is 4. The zero-order chi connectivity index (χ0) is 13.8. The molecule has 1 aromatic rings. The minimum Gasteiger partial charge on any atom is -0.483 e. The van der Waals surface area contributed by atoms with Crippen LogP contribution < -0.4 is 4.74 Å². The van der Waals surface area contributed by atoms with Crippen LogP contribution in [-0.2, 0) is 9.47 Å². The number of hydrogen-bond donors (Lipinski definition) is 1. The highest BCUT2D eigenvalue weighted by Crippen LogP contribution is 2.34. The maximum atomic E-state index is 13.6. The molecule has 3 atom stereocenters. The number of benzene rings is 1. The van der Waals surface area contributed by atoms with E-state index in [0.717, 1.165) is 0 Å². The van der Waals surface area contributed by atoms with Crippen molar-refractivity contribution in [3.05, 3.63) is 29.0 Å². The van der Waals surface area contributed by atoms with Gasteiger partial charge in [0.05, 0.1) is 24.3 Å². The van der Waals surface area contributed by atoms with Crippen molar-refractivity contribution in [2.75, 3.05) is 20.3 Å². The van der Waals surface area contributed by atoms with Crippen molar-refractivity contribution >= 4 is 11.6 Å². The molecule has 3 unspecified atom stereocenters. The second kappa shape index (κ2) is 6.52. The van der Waals surface area contributed by atoms with Crippen LogP contribution in [0.25, 0.3) is 0 Å². The van der Waals surface area contributed by atoms with Crippen LogP contribution in [0.1, 0.15) is 6.42 Å². The fraction of sp³-hybridized carbons (Fsp3) is 0.538. The lowest BCUT2D eigenvalue weighted by molar-refractivity contribution is -0.167. The van der Waals surface area contributed by atoms with Gasteiger partial charge in [0.15, 0.2) is 11.6 Å². The summed E-state index contributed by atoms with van der Waals surface area (Å²) in [7, 11) is 1.56. The van der Waals surface area contributed by atoms with E-state index in [1.807, 2.05) is 0 Å². The molecule has 0 heterocycles. The van der Waals surface area contributed by atoms with Gasteiger partial charge in [-0.1, -0.05) is 17.7 Å². The summed E-state index contributed by atoms with van der Waals surface area (Å²) in [6.07, 6.45) is -1.10. The van der Waals surface area contributed by atoms with Gasteiger partial charge in [0, 0.05) is 13.5 Å². The van der Waals surface area contributed by atoms with Crippen molar-refractivity contribution in [2.24, 2.45) is 0 Å². The Hall–Kier alpha value is -0.880. The van der Waals surface area contributed by atoms with Gasteiger partial charge >= 0.3 is 0 Å². The van der Waals surface area contributed by atoms with Gasteiger partial charge < -0.3 is 19.3 Å². The Bertz CT molecular complexity index is 409. The summed E-state index contributed by atoms with van der Waals surface area (Å²) < 4.78 is 29.4. The van der Waals surface area contributed by atoms with Crippen molar-refractivity contribution < 1.29 is 23.7 Å². The van der Waals surface area contributed by atoms with Crippen LogP contribution in [0.4, 0.5) is 4.39 Å². The van der Waals surface area contributed by atoms with E-state index in [1.165, 1.54) is 12.1 Å². The van der Waals surface area contributed by atoms with Crippen LogP contribution in [0, 0.1) is 5.82 Å². The van der Waals surface area contributed by atoms with E-state index in [4.69, 9.17) is 25.8 Å². The van der Waals surface area contributed by atoms with E-state index in [2.05, 4.69) is 0 Å². The van der Waals surface area contributed by atoms with E-state index in [0.29, 0.717) is 19.6 Å². The Labute approximate surface area is 116 Å². The maximum absolute atomic E-state index is 13.6. The summed E-state index contributed by atoms with van der Waals surface area (Å²) >= 11 is 5.88. The normalized spacial score (nSPS) is 26.0. The molecule has 2 rings (SSSR count). The van der Waals surface area contributed by atoms with E-state index < -0.39 is 24.1 Å². The van der Waals surface area contributed by atoms with Gasteiger partial charge in [-0.3, -0.25) is 0 Å². The zero-order valence-corrected chi connectivity index (χ0v) is 11.3. The summed E-state index contributed by atoms with van der Waals surface area (Å²) in [6.45, 7) is 0.777. The highest BCUT2D eigenvalue weighted by atomic mass is 35.5. The van der Waals surface area contributed by atoms with Crippen LogP contribution in [0.2, 0.25) is 5.02 Å². The van der Waals surface area contributed by atoms with Crippen molar-refractivity contribution in [3.63, 3.8) is 0 Å². The van der Waals surface area contributed by atoms with Crippen LogP contribution >= 0.6 is 11.6 Å². The van der Waals surface area contributed by atoms with Gasteiger partial charge in [-0.2, -0.15) is 0 Å². The molecule has 19 heavy (non-hydrogen) atoms. The summed E-state index contributed by atoms with van der Waals surface area (Å²) in [6, 6.07) is 4.33. The molecule has 1 aliphatic carbocycles. The highest BCUT2D eigenvalue weighted by molar-refractivity contribution is 6.32. The Morgan fingerprint density at radius 2 is 2.21 bits per heavy atom. The number of halogens is 2. The van der Waals surface area contributed by atoms with Gasteiger partial charge in [0.2, 0.25) is 0 Å². The molecule has 0 amide bonds. The fourth-order valence-electron chi connectivity index (χ4n) is 1.91. The Morgan fingerprint density at radius 1 is 1.42 bits per heavy atom. The van der Waals surface area contributed by atoms with Gasteiger partial charge in [-0.25, -0.2) is 4.39 Å². The Balaban J connectivity index is 1.95. The maximum Gasteiger partial charge on any atom is 0.174 e. The number of methoxy groups -OCH3 is 1. The summed E-state index contributed by atoms with van der Waals surface area (Å²) in [4.78, 5) is 0. The topological polar surface area (TPSA) is 47.9 Å². The summed E-state index contributed by atoms with van der Waals surface area (Å²) in [5, 5.41) is 9.83. The van der Waals surface area contributed by atoms with Crippen molar-refractivity contribution in [1.29, 1.82) is 0 Å². The lowest BCUT2D eigenvalue weighted by Gasteiger charge is -2.40. The molecule has 0 bridgehead atoms. The lowest BCUT2D eigenvalue weighted by Crippen LogP contribution is -2.55. The molecule has 1 saturated carbocycles. The first-order chi connectivity index (χ1) is 9.13. The standard InChI is InChI=1S/C13H16ClFO4/c1-17-5-6-18-13-10(16)7-11(13)19-12-8(14)3-2-4-9(12)15/h2-4,10-11,13,16H,5-7H2,1H3. The molecule has 0 radical (unpaired) electrons. The van der Waals surface area contributed by atoms with E-state index >= 15 is 0 Å². The van der Waals surface area contributed by atoms with Crippen molar-refractivity contribution in [2.45, 2.75) is 24.7 Å². The van der Waals surface area contributed by atoms with Crippen molar-refractivity contribution in [1.82, 2.24) is 0 Å². The highest BCUT2D eigenvalue weighted by Gasteiger charge is 2.43. The van der Waals surface area contributed by atoms with Gasteiger partial charge in [0.1, 0.15) is 12.2 Å². The first-order valence-electron chi connectivity index (χ1n) is 6.02. The Kier molecular flexibility index (Phi) is 4.99. The fourth-order valence-corrected chi connectivity index (χ4v) is 2.11. The molecule has 0 aromatic heterocycles. The largest absolute Gasteiger partial charge is 0.483 e. The molecule has 1 aromatic carbocycles. The summed E-state index contributed by atoms with van der Waals surface area (Å²) in [5.41, 5.74) is 0. The SMILES string of the molecule is COCCOC1C(O)CC1Oc1c(F)cccc1Cl. The minimum atomic E-state index is -0.604. The zero-order valence-electron chi connectivity index (χ0n) is 10.5. The second-order valence-electron chi connectivity index (χ2n) is 4.34. The number of rotatable bonds is 6. The average molecular weight is 291 g/mol. The molecule has 106 valence electrons. The third-order valence-electron chi connectivity index (χ3n) is 3.01. The predicted octanol–water partition coefficient (Wildman–Crippen LogP) is 2.02. The first kappa shape index (κ1) is 14.5. The van der Waals surface area contributed by atoms with E-state index in [-0.39, 0.29) is 10.8 Å². The third kappa shape index (κ3) is 3.36. The molecule has 0 saturated heterocycles. The quantitative estimate of drug-likeness (QED) is 0.815. The smallest absolute Gasteiger partial charge is 0.174 e. The molecule has 6 heteroatoms. The third-order valence-corrected chi connectivity index (χ3v) is 3.30. The molecular formula is C13H16ClFO4. The molecule has 0 aliphatic heterocycles. The molecule has 1 aliphatic rings. The molecule has 0 spiro atoms. The van der Waals surface area contributed by atoms with Gasteiger partial charge in [-0.15, -0.1) is 0 Å². The number of para-hydroxylation sites is 1. The van der Waals surface area contributed by atoms with Crippen LogP contribution in [0.15, 0.2) is 18.2 Å². The van der Waals surface area contributed by atoms with Gasteiger partial charge in [0.25, 0.3) is 0 Å². The average Bonchev–Trinajstić information content (AvgIpc) is 2.37. The van der Waals surface area contributed by atoms with Gasteiger partial charge in [-0.05, 0) is 12.1 Å². The summed E-state index contributed by atoms with van der Waals surface area (Å²) in [5.74, 6) is -0.522. The van der Waals surface area contributed by atoms with E-state index in [1.54, 1.807) is 13.2 Å². The monoisotopic (exact) mass is 290 g/mol.